The number of aryl methyl sites for hydroxylation is 1. The van der Waals surface area contributed by atoms with Crippen LogP contribution >= 0.6 is 11.6 Å². The van der Waals surface area contributed by atoms with Gasteiger partial charge in [0, 0.05) is 30.5 Å². The first kappa shape index (κ1) is 17.0. The van der Waals surface area contributed by atoms with Crippen LogP contribution in [0.1, 0.15) is 23.0 Å². The number of nitrogens with zero attached hydrogens (tertiary/aromatic N) is 2. The number of benzene rings is 2. The summed E-state index contributed by atoms with van der Waals surface area (Å²) in [6, 6.07) is 16.8. The molecule has 126 valence electrons. The Kier molecular flexibility index (Phi) is 5.31. The molecule has 0 saturated heterocycles. The highest BCUT2D eigenvalue weighted by Crippen LogP contribution is 2.20. The van der Waals surface area contributed by atoms with Crippen LogP contribution in [0.3, 0.4) is 0 Å². The molecule has 0 aliphatic heterocycles. The van der Waals surface area contributed by atoms with Crippen LogP contribution in [0.4, 0.5) is 0 Å². The van der Waals surface area contributed by atoms with E-state index in [2.05, 4.69) is 10.3 Å². The maximum atomic E-state index is 12.4. The topological polar surface area (TPSA) is 46.9 Å². The van der Waals surface area contributed by atoms with E-state index in [9.17, 15) is 4.79 Å². The average molecular weight is 352 g/mol. The van der Waals surface area contributed by atoms with Gasteiger partial charge in [-0.15, -0.1) is 0 Å². The molecule has 1 N–H and O–H groups in total. The van der Waals surface area contributed by atoms with Crippen LogP contribution in [0, 0.1) is 0 Å². The summed E-state index contributed by atoms with van der Waals surface area (Å²) in [6.07, 6.45) is 6.86. The first-order valence-electron chi connectivity index (χ1n) is 7.90. The summed E-state index contributed by atoms with van der Waals surface area (Å²) in [7, 11) is 1.91. The van der Waals surface area contributed by atoms with Gasteiger partial charge >= 0.3 is 0 Å². The fourth-order valence-corrected chi connectivity index (χ4v) is 2.66. The van der Waals surface area contributed by atoms with Crippen molar-refractivity contribution in [2.75, 3.05) is 0 Å². The van der Waals surface area contributed by atoms with Crippen LogP contribution in [0.15, 0.2) is 73.1 Å². The van der Waals surface area contributed by atoms with E-state index in [-0.39, 0.29) is 11.9 Å². The zero-order chi connectivity index (χ0) is 17.6. The van der Waals surface area contributed by atoms with E-state index < -0.39 is 0 Å². The van der Waals surface area contributed by atoms with Gasteiger partial charge in [0.25, 0.3) is 0 Å². The van der Waals surface area contributed by atoms with Crippen molar-refractivity contribution < 1.29 is 4.79 Å². The molecule has 3 aromatic rings. The Labute approximate surface area is 151 Å². The van der Waals surface area contributed by atoms with E-state index in [0.29, 0.717) is 5.02 Å². The van der Waals surface area contributed by atoms with Gasteiger partial charge < -0.3 is 9.88 Å². The third-order valence-electron chi connectivity index (χ3n) is 3.83. The number of hydrogen-bond donors (Lipinski definition) is 1. The fraction of sp³-hybridized carbons (Fsp3) is 0.100. The van der Waals surface area contributed by atoms with E-state index in [1.807, 2.05) is 60.3 Å². The number of halogens is 1. The molecule has 1 aromatic heterocycles. The van der Waals surface area contributed by atoms with Gasteiger partial charge in [-0.2, -0.15) is 0 Å². The number of imidazole rings is 1. The monoisotopic (exact) mass is 351 g/mol. The quantitative estimate of drug-likeness (QED) is 0.706. The number of hydrogen-bond acceptors (Lipinski definition) is 2. The maximum Gasteiger partial charge on any atom is 0.244 e. The van der Waals surface area contributed by atoms with Gasteiger partial charge in [-0.3, -0.25) is 4.79 Å². The average Bonchev–Trinajstić information content (AvgIpc) is 3.06. The zero-order valence-corrected chi connectivity index (χ0v) is 14.5. The number of nitrogens with one attached hydrogen (secondary N) is 1. The minimum atomic E-state index is -0.316. The molecule has 1 unspecified atom stereocenters. The SMILES string of the molecule is Cn1ccnc1C(NC(=O)/C=C/c1ccc(Cl)cc1)c1ccccc1. The summed E-state index contributed by atoms with van der Waals surface area (Å²) in [4.78, 5) is 16.8. The van der Waals surface area contributed by atoms with Crippen LogP contribution in [0.2, 0.25) is 5.02 Å². The third kappa shape index (κ3) is 4.37. The predicted molar refractivity (Wildman–Crippen MR) is 100 cm³/mol. The Morgan fingerprint density at radius 1 is 1.16 bits per heavy atom. The second kappa shape index (κ2) is 7.81. The molecule has 3 rings (SSSR count). The molecule has 1 heterocycles. The van der Waals surface area contributed by atoms with E-state index in [0.717, 1.165) is 17.0 Å². The van der Waals surface area contributed by atoms with Crippen molar-refractivity contribution in [1.82, 2.24) is 14.9 Å². The Morgan fingerprint density at radius 2 is 1.88 bits per heavy atom. The lowest BCUT2D eigenvalue weighted by molar-refractivity contribution is -0.117. The first-order chi connectivity index (χ1) is 12.1. The van der Waals surface area contributed by atoms with Gasteiger partial charge in [-0.25, -0.2) is 4.98 Å². The Bertz CT molecular complexity index is 869. The summed E-state index contributed by atoms with van der Waals surface area (Å²) in [5.74, 6) is 0.589. The molecule has 2 aromatic carbocycles. The number of carbonyl (C=O) groups is 1. The molecule has 0 bridgehead atoms. The largest absolute Gasteiger partial charge is 0.339 e. The van der Waals surface area contributed by atoms with Gasteiger partial charge in [-0.05, 0) is 29.3 Å². The maximum absolute atomic E-state index is 12.4. The van der Waals surface area contributed by atoms with Gasteiger partial charge in [0.2, 0.25) is 5.91 Å². The molecule has 0 aliphatic carbocycles. The summed E-state index contributed by atoms with van der Waals surface area (Å²) in [5.41, 5.74) is 1.89. The van der Waals surface area contributed by atoms with Crippen molar-refractivity contribution in [2.45, 2.75) is 6.04 Å². The fourth-order valence-electron chi connectivity index (χ4n) is 2.53. The molecular weight excluding hydrogens is 334 g/mol. The number of rotatable bonds is 5. The molecule has 0 aliphatic rings. The molecule has 4 nitrogen and oxygen atoms in total. The summed E-state index contributed by atoms with van der Waals surface area (Å²) in [5, 5.41) is 3.69. The van der Waals surface area contributed by atoms with Crippen LogP contribution in [0.25, 0.3) is 6.08 Å². The van der Waals surface area contributed by atoms with Crippen LogP contribution in [0.5, 0.6) is 0 Å². The minimum absolute atomic E-state index is 0.188. The lowest BCUT2D eigenvalue weighted by Crippen LogP contribution is -2.29. The van der Waals surface area contributed by atoms with Crippen molar-refractivity contribution in [2.24, 2.45) is 7.05 Å². The first-order valence-corrected chi connectivity index (χ1v) is 8.27. The standard InChI is InChI=1S/C20H18ClN3O/c1-24-14-13-22-20(24)19(16-5-3-2-4-6-16)23-18(25)12-9-15-7-10-17(21)11-8-15/h2-14,19H,1H3,(H,23,25)/b12-9+. The van der Waals surface area contributed by atoms with Crippen LogP contribution < -0.4 is 5.32 Å². The number of aromatic nitrogens is 2. The van der Waals surface area contributed by atoms with Gasteiger partial charge in [0.05, 0.1) is 0 Å². The van der Waals surface area contributed by atoms with Gasteiger partial charge in [0.1, 0.15) is 11.9 Å². The molecular formula is C20H18ClN3O. The van der Waals surface area contributed by atoms with E-state index >= 15 is 0 Å². The molecule has 1 amide bonds. The van der Waals surface area contributed by atoms with E-state index in [1.54, 1.807) is 24.4 Å². The van der Waals surface area contributed by atoms with Gasteiger partial charge in [0.15, 0.2) is 0 Å². The summed E-state index contributed by atoms with van der Waals surface area (Å²) in [6.45, 7) is 0. The van der Waals surface area contributed by atoms with Crippen molar-refractivity contribution >= 4 is 23.6 Å². The second-order valence-corrected chi connectivity index (χ2v) is 6.07. The summed E-state index contributed by atoms with van der Waals surface area (Å²) < 4.78 is 1.90. The Balaban J connectivity index is 1.79. The van der Waals surface area contributed by atoms with Crippen molar-refractivity contribution in [3.63, 3.8) is 0 Å². The lowest BCUT2D eigenvalue weighted by atomic mass is 10.1. The molecule has 5 heteroatoms. The highest BCUT2D eigenvalue weighted by atomic mass is 35.5. The zero-order valence-electron chi connectivity index (χ0n) is 13.8. The molecule has 0 saturated carbocycles. The summed E-state index contributed by atoms with van der Waals surface area (Å²) >= 11 is 5.87. The van der Waals surface area contributed by atoms with Crippen molar-refractivity contribution in [3.05, 3.63) is 95.0 Å². The van der Waals surface area contributed by atoms with Gasteiger partial charge in [-0.1, -0.05) is 54.1 Å². The van der Waals surface area contributed by atoms with Crippen molar-refractivity contribution in [3.8, 4) is 0 Å². The molecule has 0 radical (unpaired) electrons. The van der Waals surface area contributed by atoms with Crippen molar-refractivity contribution in [1.29, 1.82) is 0 Å². The molecule has 25 heavy (non-hydrogen) atoms. The third-order valence-corrected chi connectivity index (χ3v) is 4.09. The smallest absolute Gasteiger partial charge is 0.244 e. The molecule has 0 fully saturated rings. The van der Waals surface area contributed by atoms with Crippen LogP contribution in [-0.4, -0.2) is 15.5 Å². The lowest BCUT2D eigenvalue weighted by Gasteiger charge is -2.18. The molecule has 0 spiro atoms. The van der Waals surface area contributed by atoms with E-state index in [1.165, 1.54) is 6.08 Å². The number of carbonyl (C=O) groups excluding carboxylic acids is 1. The minimum Gasteiger partial charge on any atom is -0.339 e. The second-order valence-electron chi connectivity index (χ2n) is 5.63. The highest BCUT2D eigenvalue weighted by molar-refractivity contribution is 6.30. The van der Waals surface area contributed by atoms with E-state index in [4.69, 9.17) is 11.6 Å². The normalized spacial score (nSPS) is 12.2. The Morgan fingerprint density at radius 3 is 2.52 bits per heavy atom. The molecule has 1 atom stereocenters. The Hall–Kier alpha value is -2.85. The van der Waals surface area contributed by atoms with Crippen LogP contribution in [-0.2, 0) is 11.8 Å². The predicted octanol–water partition coefficient (Wildman–Crippen LogP) is 3.99. The number of amides is 1. The highest BCUT2D eigenvalue weighted by Gasteiger charge is 2.19.